The Morgan fingerprint density at radius 1 is 1.23 bits per heavy atom. The number of ketones is 1. The summed E-state index contributed by atoms with van der Waals surface area (Å²) in [6, 6.07) is 4.48. The van der Waals surface area contributed by atoms with Crippen molar-refractivity contribution in [3.8, 4) is 0 Å². The van der Waals surface area contributed by atoms with E-state index in [1.54, 1.807) is 17.0 Å². The van der Waals surface area contributed by atoms with E-state index in [0.29, 0.717) is 50.8 Å². The van der Waals surface area contributed by atoms with Gasteiger partial charge in [-0.2, -0.15) is 0 Å². The third kappa shape index (κ3) is 3.39. The van der Waals surface area contributed by atoms with Crippen molar-refractivity contribution in [2.75, 3.05) is 37.7 Å². The Morgan fingerprint density at radius 2 is 2.04 bits per heavy atom. The molecule has 1 amide bonds. The van der Waals surface area contributed by atoms with Gasteiger partial charge in [-0.15, -0.1) is 0 Å². The summed E-state index contributed by atoms with van der Waals surface area (Å²) in [4.78, 5) is 33.1. The van der Waals surface area contributed by atoms with Crippen LogP contribution < -0.4 is 4.90 Å². The molecule has 26 heavy (non-hydrogen) atoms. The van der Waals surface area contributed by atoms with Gasteiger partial charge in [-0.05, 0) is 30.2 Å². The number of allylic oxidation sites excluding steroid dienone is 1. The lowest BCUT2D eigenvalue weighted by atomic mass is 10.1. The van der Waals surface area contributed by atoms with Crippen LogP contribution in [0.25, 0.3) is 0 Å². The van der Waals surface area contributed by atoms with E-state index in [4.69, 9.17) is 4.74 Å². The molecule has 0 aliphatic carbocycles. The first kappa shape index (κ1) is 16.9. The Hall–Kier alpha value is -2.54. The molecular weight excluding hydrogens is 337 g/mol. The van der Waals surface area contributed by atoms with Gasteiger partial charge < -0.3 is 14.5 Å². The highest BCUT2D eigenvalue weighted by molar-refractivity contribution is 6.16. The summed E-state index contributed by atoms with van der Waals surface area (Å²) in [7, 11) is 0. The van der Waals surface area contributed by atoms with Crippen LogP contribution in [-0.4, -0.2) is 55.2 Å². The molecule has 0 atom stereocenters. The van der Waals surface area contributed by atoms with Crippen molar-refractivity contribution >= 4 is 23.1 Å². The topological polar surface area (TPSA) is 62.2 Å². The second-order valence-electron chi connectivity index (χ2n) is 6.67. The van der Waals surface area contributed by atoms with Gasteiger partial charge >= 0.3 is 0 Å². The van der Waals surface area contributed by atoms with Gasteiger partial charge in [0.25, 0.3) is 0 Å². The quantitative estimate of drug-likeness (QED) is 0.826. The molecule has 1 saturated heterocycles. The van der Waals surface area contributed by atoms with E-state index in [0.717, 1.165) is 11.3 Å². The van der Waals surface area contributed by atoms with Crippen molar-refractivity contribution in [2.24, 2.45) is 4.99 Å². The fourth-order valence-corrected chi connectivity index (χ4v) is 3.59. The maximum Gasteiger partial charge on any atom is 0.232 e. The SMILES string of the molecule is O=C1C=C(N2CCOCC2)N=C(CC(=O)N2CCc3cc(F)ccc32)C1. The highest BCUT2D eigenvalue weighted by Crippen LogP contribution is 2.29. The number of aliphatic imine (C=N–C) groups is 1. The van der Waals surface area contributed by atoms with E-state index in [2.05, 4.69) is 4.99 Å². The second-order valence-corrected chi connectivity index (χ2v) is 6.67. The summed E-state index contributed by atoms with van der Waals surface area (Å²) in [6.45, 7) is 3.13. The fourth-order valence-electron chi connectivity index (χ4n) is 3.59. The van der Waals surface area contributed by atoms with Crippen LogP contribution in [0.2, 0.25) is 0 Å². The number of anilines is 1. The van der Waals surface area contributed by atoms with Gasteiger partial charge in [-0.3, -0.25) is 9.59 Å². The van der Waals surface area contributed by atoms with Crippen LogP contribution in [0.5, 0.6) is 0 Å². The summed E-state index contributed by atoms with van der Waals surface area (Å²) in [6.07, 6.45) is 2.46. The number of fused-ring (bicyclic) bond motifs is 1. The van der Waals surface area contributed by atoms with Crippen LogP contribution in [0.4, 0.5) is 10.1 Å². The Balaban J connectivity index is 1.48. The van der Waals surface area contributed by atoms with Crippen molar-refractivity contribution in [2.45, 2.75) is 19.3 Å². The molecule has 4 rings (SSSR count). The van der Waals surface area contributed by atoms with Gasteiger partial charge in [0, 0.05) is 43.5 Å². The Kier molecular flexibility index (Phi) is 4.55. The number of carbonyl (C=O) groups is 2. The molecule has 1 aromatic carbocycles. The van der Waals surface area contributed by atoms with Crippen molar-refractivity contribution in [1.82, 2.24) is 4.90 Å². The largest absolute Gasteiger partial charge is 0.378 e. The van der Waals surface area contributed by atoms with Gasteiger partial charge in [0.15, 0.2) is 5.78 Å². The molecule has 1 aromatic rings. The first-order chi connectivity index (χ1) is 12.6. The first-order valence-corrected chi connectivity index (χ1v) is 8.82. The predicted molar refractivity (Wildman–Crippen MR) is 94.6 cm³/mol. The van der Waals surface area contributed by atoms with Crippen LogP contribution in [0.3, 0.4) is 0 Å². The Labute approximate surface area is 150 Å². The third-order valence-corrected chi connectivity index (χ3v) is 4.87. The van der Waals surface area contributed by atoms with Crippen molar-refractivity contribution in [1.29, 1.82) is 0 Å². The van der Waals surface area contributed by atoms with Crippen molar-refractivity contribution in [3.05, 3.63) is 41.5 Å². The van der Waals surface area contributed by atoms with Gasteiger partial charge in [0.2, 0.25) is 5.91 Å². The molecular formula is C19H20FN3O3. The predicted octanol–water partition coefficient (Wildman–Crippen LogP) is 1.69. The highest BCUT2D eigenvalue weighted by Gasteiger charge is 2.27. The monoisotopic (exact) mass is 357 g/mol. The van der Waals surface area contributed by atoms with E-state index in [1.165, 1.54) is 12.1 Å². The lowest BCUT2D eigenvalue weighted by Gasteiger charge is -2.30. The molecule has 1 fully saturated rings. The maximum absolute atomic E-state index is 13.3. The average Bonchev–Trinajstić information content (AvgIpc) is 3.05. The maximum atomic E-state index is 13.3. The number of carbonyl (C=O) groups excluding carboxylic acids is 2. The minimum Gasteiger partial charge on any atom is -0.378 e. The van der Waals surface area contributed by atoms with Crippen LogP contribution in [0.15, 0.2) is 35.1 Å². The summed E-state index contributed by atoms with van der Waals surface area (Å²) in [5.41, 5.74) is 2.18. The van der Waals surface area contributed by atoms with Crippen LogP contribution in [0, 0.1) is 5.82 Å². The zero-order valence-electron chi connectivity index (χ0n) is 14.4. The number of halogens is 1. The number of ether oxygens (including phenoxy) is 1. The Bertz CT molecular complexity index is 812. The number of rotatable bonds is 3. The average molecular weight is 357 g/mol. The van der Waals surface area contributed by atoms with E-state index in [1.807, 2.05) is 4.90 Å². The van der Waals surface area contributed by atoms with Crippen LogP contribution in [-0.2, 0) is 20.7 Å². The number of benzene rings is 1. The van der Waals surface area contributed by atoms with Crippen molar-refractivity contribution < 1.29 is 18.7 Å². The van der Waals surface area contributed by atoms with Crippen LogP contribution >= 0.6 is 0 Å². The second kappa shape index (κ2) is 6.99. The van der Waals surface area contributed by atoms with Crippen LogP contribution in [0.1, 0.15) is 18.4 Å². The minimum absolute atomic E-state index is 0.0341. The smallest absolute Gasteiger partial charge is 0.232 e. The summed E-state index contributed by atoms with van der Waals surface area (Å²) >= 11 is 0. The van der Waals surface area contributed by atoms with Gasteiger partial charge in [0.1, 0.15) is 11.6 Å². The van der Waals surface area contributed by atoms with Gasteiger partial charge in [0.05, 0.1) is 19.6 Å². The number of amides is 1. The number of hydrogen-bond acceptors (Lipinski definition) is 5. The van der Waals surface area contributed by atoms with Gasteiger partial charge in [-0.25, -0.2) is 9.38 Å². The van der Waals surface area contributed by atoms with E-state index < -0.39 is 0 Å². The first-order valence-electron chi connectivity index (χ1n) is 8.82. The number of nitrogens with zero attached hydrogens (tertiary/aromatic N) is 3. The molecule has 0 aromatic heterocycles. The lowest BCUT2D eigenvalue weighted by molar-refractivity contribution is -0.117. The molecule has 0 saturated carbocycles. The standard InChI is InChI=1S/C19H20FN3O3/c20-14-1-2-17-13(9-14)3-4-23(17)19(25)11-15-10-16(24)12-18(21-15)22-5-7-26-8-6-22/h1-2,9,12H,3-8,10-11H2. The van der Waals surface area contributed by atoms with Gasteiger partial charge in [-0.1, -0.05) is 0 Å². The normalized spacial score (nSPS) is 20.0. The molecule has 0 spiro atoms. The molecule has 7 heteroatoms. The summed E-state index contributed by atoms with van der Waals surface area (Å²) < 4.78 is 18.7. The molecule has 0 N–H and O–H groups in total. The minimum atomic E-state index is -0.291. The number of hydrogen-bond donors (Lipinski definition) is 0. The van der Waals surface area contributed by atoms with E-state index >= 15 is 0 Å². The lowest BCUT2D eigenvalue weighted by Crippen LogP contribution is -2.37. The summed E-state index contributed by atoms with van der Waals surface area (Å²) in [5.74, 6) is 0.190. The zero-order chi connectivity index (χ0) is 18.1. The molecule has 3 aliphatic rings. The molecule has 0 bridgehead atoms. The number of morpholine rings is 1. The van der Waals surface area contributed by atoms with Crippen molar-refractivity contribution in [3.63, 3.8) is 0 Å². The molecule has 136 valence electrons. The molecule has 3 aliphatic heterocycles. The summed E-state index contributed by atoms with van der Waals surface area (Å²) in [5, 5.41) is 0. The third-order valence-electron chi connectivity index (χ3n) is 4.87. The molecule has 0 radical (unpaired) electrons. The van der Waals surface area contributed by atoms with E-state index in [9.17, 15) is 14.0 Å². The highest BCUT2D eigenvalue weighted by atomic mass is 19.1. The molecule has 6 nitrogen and oxygen atoms in total. The Morgan fingerprint density at radius 3 is 2.85 bits per heavy atom. The zero-order valence-corrected chi connectivity index (χ0v) is 14.4. The van der Waals surface area contributed by atoms with E-state index in [-0.39, 0.29) is 30.3 Å². The molecule has 3 heterocycles. The fraction of sp³-hybridized carbons (Fsp3) is 0.421. The molecule has 0 unspecified atom stereocenters.